The number of rotatable bonds is 6. The minimum absolute atomic E-state index is 0.00168. The summed E-state index contributed by atoms with van der Waals surface area (Å²) in [6, 6.07) is 5.54. The molecule has 0 radical (unpaired) electrons. The Labute approximate surface area is 137 Å². The number of anilines is 1. The molecule has 6 heteroatoms. The standard InChI is InChI=1S/C17H25N3O3/c1-19(2)7-12-23-16-5-3-14(13-15(16)18)4-6-17(21)20-8-10-22-11-9-20/h3-6,13H,7-12,18H2,1-2H3/b6-4-. The highest BCUT2D eigenvalue weighted by Crippen LogP contribution is 2.23. The van der Waals surface area contributed by atoms with Gasteiger partial charge in [0.15, 0.2) is 0 Å². The van der Waals surface area contributed by atoms with Gasteiger partial charge in [0, 0.05) is 25.7 Å². The predicted molar refractivity (Wildman–Crippen MR) is 91.3 cm³/mol. The van der Waals surface area contributed by atoms with Gasteiger partial charge in [-0.05, 0) is 37.9 Å². The molecule has 1 heterocycles. The topological polar surface area (TPSA) is 68.0 Å². The van der Waals surface area contributed by atoms with Crippen molar-refractivity contribution in [2.24, 2.45) is 0 Å². The molecule has 23 heavy (non-hydrogen) atoms. The van der Waals surface area contributed by atoms with Gasteiger partial charge in [-0.15, -0.1) is 0 Å². The van der Waals surface area contributed by atoms with E-state index in [1.165, 1.54) is 0 Å². The van der Waals surface area contributed by atoms with Crippen LogP contribution in [0.5, 0.6) is 5.75 Å². The first-order chi connectivity index (χ1) is 11.1. The minimum Gasteiger partial charge on any atom is -0.490 e. The third-order valence-corrected chi connectivity index (χ3v) is 3.57. The van der Waals surface area contributed by atoms with Crippen LogP contribution in [0.1, 0.15) is 5.56 Å². The molecule has 1 aromatic rings. The first-order valence-electron chi connectivity index (χ1n) is 7.78. The molecule has 1 amide bonds. The van der Waals surface area contributed by atoms with Gasteiger partial charge in [0.25, 0.3) is 0 Å². The van der Waals surface area contributed by atoms with Crippen LogP contribution in [0.15, 0.2) is 24.3 Å². The lowest BCUT2D eigenvalue weighted by Gasteiger charge is -2.25. The second kappa shape index (κ2) is 8.55. The fourth-order valence-corrected chi connectivity index (χ4v) is 2.20. The van der Waals surface area contributed by atoms with Gasteiger partial charge in [0.2, 0.25) is 5.91 Å². The quantitative estimate of drug-likeness (QED) is 0.628. The highest BCUT2D eigenvalue weighted by molar-refractivity contribution is 5.92. The fourth-order valence-electron chi connectivity index (χ4n) is 2.20. The van der Waals surface area contributed by atoms with Gasteiger partial charge in [-0.25, -0.2) is 0 Å². The zero-order valence-electron chi connectivity index (χ0n) is 13.8. The normalized spacial score (nSPS) is 15.3. The van der Waals surface area contributed by atoms with Crippen LogP contribution in [0, 0.1) is 0 Å². The van der Waals surface area contributed by atoms with E-state index in [4.69, 9.17) is 15.2 Å². The molecule has 0 aromatic heterocycles. The van der Waals surface area contributed by atoms with Gasteiger partial charge >= 0.3 is 0 Å². The molecule has 1 aromatic carbocycles. The first kappa shape index (κ1) is 17.3. The third kappa shape index (κ3) is 5.58. The highest BCUT2D eigenvalue weighted by Gasteiger charge is 2.13. The van der Waals surface area contributed by atoms with Crippen LogP contribution in [0.3, 0.4) is 0 Å². The molecule has 1 fully saturated rings. The van der Waals surface area contributed by atoms with Crippen LogP contribution in [0.2, 0.25) is 0 Å². The Morgan fingerprint density at radius 2 is 2.13 bits per heavy atom. The van der Waals surface area contributed by atoms with Crippen molar-refractivity contribution in [3.63, 3.8) is 0 Å². The number of likely N-dealkylation sites (N-methyl/N-ethyl adjacent to an activating group) is 1. The molecule has 6 nitrogen and oxygen atoms in total. The first-order valence-corrected chi connectivity index (χ1v) is 7.78. The maximum absolute atomic E-state index is 12.1. The molecule has 0 spiro atoms. The molecule has 2 rings (SSSR count). The van der Waals surface area contributed by atoms with E-state index in [0.717, 1.165) is 12.1 Å². The number of nitrogen functional groups attached to an aromatic ring is 1. The van der Waals surface area contributed by atoms with Crippen LogP contribution in [-0.4, -0.2) is 69.3 Å². The lowest BCUT2D eigenvalue weighted by molar-refractivity contribution is -0.129. The molecule has 0 bridgehead atoms. The average Bonchev–Trinajstić information content (AvgIpc) is 2.55. The van der Waals surface area contributed by atoms with Crippen molar-refractivity contribution in [1.82, 2.24) is 9.80 Å². The number of amides is 1. The molecule has 1 saturated heterocycles. The summed E-state index contributed by atoms with van der Waals surface area (Å²) < 4.78 is 10.9. The summed E-state index contributed by atoms with van der Waals surface area (Å²) in [6.07, 6.45) is 3.35. The summed E-state index contributed by atoms with van der Waals surface area (Å²) in [5.74, 6) is 0.668. The Morgan fingerprint density at radius 3 is 2.78 bits per heavy atom. The molecule has 0 atom stereocenters. The van der Waals surface area contributed by atoms with E-state index in [1.54, 1.807) is 17.1 Å². The Bertz CT molecular complexity index is 552. The van der Waals surface area contributed by atoms with Gasteiger partial charge in [0.1, 0.15) is 12.4 Å². The summed E-state index contributed by atoms with van der Waals surface area (Å²) in [4.78, 5) is 15.9. The van der Waals surface area contributed by atoms with Crippen LogP contribution >= 0.6 is 0 Å². The van der Waals surface area contributed by atoms with E-state index in [1.807, 2.05) is 37.2 Å². The zero-order valence-corrected chi connectivity index (χ0v) is 13.8. The summed E-state index contributed by atoms with van der Waals surface area (Å²) >= 11 is 0. The summed E-state index contributed by atoms with van der Waals surface area (Å²) in [6.45, 7) is 3.90. The van der Waals surface area contributed by atoms with Crippen LogP contribution < -0.4 is 10.5 Å². The van der Waals surface area contributed by atoms with Crippen molar-refractivity contribution in [3.8, 4) is 5.75 Å². The molecule has 0 aliphatic carbocycles. The number of nitrogens with two attached hydrogens (primary N) is 1. The van der Waals surface area contributed by atoms with Gasteiger partial charge in [-0.2, -0.15) is 0 Å². The monoisotopic (exact) mass is 319 g/mol. The van der Waals surface area contributed by atoms with E-state index >= 15 is 0 Å². The predicted octanol–water partition coefficient (Wildman–Crippen LogP) is 1.08. The van der Waals surface area contributed by atoms with E-state index in [0.29, 0.717) is 44.3 Å². The largest absolute Gasteiger partial charge is 0.490 e. The number of hydrogen-bond acceptors (Lipinski definition) is 5. The Morgan fingerprint density at radius 1 is 1.39 bits per heavy atom. The Kier molecular flexibility index (Phi) is 6.43. The van der Waals surface area contributed by atoms with Crippen LogP contribution in [-0.2, 0) is 9.53 Å². The second-order valence-corrected chi connectivity index (χ2v) is 5.72. The van der Waals surface area contributed by atoms with Crippen molar-refractivity contribution in [2.75, 3.05) is 59.3 Å². The number of ether oxygens (including phenoxy) is 2. The number of carbonyl (C=O) groups is 1. The number of carbonyl (C=O) groups excluding carboxylic acids is 1. The third-order valence-electron chi connectivity index (χ3n) is 3.57. The summed E-state index contributed by atoms with van der Waals surface area (Å²) in [7, 11) is 3.98. The fraction of sp³-hybridized carbons (Fsp3) is 0.471. The summed E-state index contributed by atoms with van der Waals surface area (Å²) in [5.41, 5.74) is 7.46. The van der Waals surface area contributed by atoms with Crippen LogP contribution in [0.4, 0.5) is 5.69 Å². The molecule has 1 aliphatic heterocycles. The molecule has 126 valence electrons. The van der Waals surface area contributed by atoms with Crippen molar-refractivity contribution in [2.45, 2.75) is 0 Å². The highest BCUT2D eigenvalue weighted by atomic mass is 16.5. The number of morpholine rings is 1. The van der Waals surface area contributed by atoms with Crippen LogP contribution in [0.25, 0.3) is 6.08 Å². The Hall–Kier alpha value is -2.05. The lowest BCUT2D eigenvalue weighted by Crippen LogP contribution is -2.39. The van der Waals surface area contributed by atoms with Gasteiger partial charge < -0.3 is 25.0 Å². The molecular formula is C17H25N3O3. The molecule has 0 saturated carbocycles. The molecule has 1 aliphatic rings. The maximum atomic E-state index is 12.1. The van der Waals surface area contributed by atoms with Gasteiger partial charge in [-0.1, -0.05) is 6.07 Å². The Balaban J connectivity index is 1.91. The van der Waals surface area contributed by atoms with Crippen molar-refractivity contribution < 1.29 is 14.3 Å². The zero-order chi connectivity index (χ0) is 16.7. The number of hydrogen-bond donors (Lipinski definition) is 1. The molecular weight excluding hydrogens is 294 g/mol. The van der Waals surface area contributed by atoms with Crippen molar-refractivity contribution in [3.05, 3.63) is 29.8 Å². The van der Waals surface area contributed by atoms with Crippen molar-refractivity contribution >= 4 is 17.7 Å². The SMILES string of the molecule is CN(C)CCOc1ccc(/C=C\C(=O)N2CCOCC2)cc1N. The van der Waals surface area contributed by atoms with Gasteiger partial charge in [0.05, 0.1) is 18.9 Å². The number of benzene rings is 1. The van der Waals surface area contributed by atoms with Crippen molar-refractivity contribution in [1.29, 1.82) is 0 Å². The minimum atomic E-state index is -0.00168. The van der Waals surface area contributed by atoms with E-state index < -0.39 is 0 Å². The smallest absolute Gasteiger partial charge is 0.246 e. The number of nitrogens with zero attached hydrogens (tertiary/aromatic N) is 2. The van der Waals surface area contributed by atoms with E-state index in [9.17, 15) is 4.79 Å². The average molecular weight is 319 g/mol. The van der Waals surface area contributed by atoms with Gasteiger partial charge in [-0.3, -0.25) is 4.79 Å². The van der Waals surface area contributed by atoms with E-state index in [-0.39, 0.29) is 5.91 Å². The molecule has 2 N–H and O–H groups in total. The molecule has 0 unspecified atom stereocenters. The second-order valence-electron chi connectivity index (χ2n) is 5.72. The summed E-state index contributed by atoms with van der Waals surface area (Å²) in [5, 5.41) is 0. The van der Waals surface area contributed by atoms with E-state index in [2.05, 4.69) is 0 Å². The maximum Gasteiger partial charge on any atom is 0.246 e. The lowest BCUT2D eigenvalue weighted by atomic mass is 10.1.